The Morgan fingerprint density at radius 3 is 2.42 bits per heavy atom. The minimum Gasteiger partial charge on any atom is -0.497 e. The summed E-state index contributed by atoms with van der Waals surface area (Å²) in [6, 6.07) is 12.1. The Kier molecular flexibility index (Phi) is 6.30. The van der Waals surface area contributed by atoms with Crippen molar-refractivity contribution in [1.29, 1.82) is 0 Å². The van der Waals surface area contributed by atoms with Gasteiger partial charge in [-0.2, -0.15) is 0 Å². The molecule has 26 heavy (non-hydrogen) atoms. The van der Waals surface area contributed by atoms with Gasteiger partial charge in [0.15, 0.2) is 0 Å². The Morgan fingerprint density at radius 1 is 1.23 bits per heavy atom. The Labute approximate surface area is 152 Å². The lowest BCUT2D eigenvalue weighted by atomic mass is 10.1. The largest absolute Gasteiger partial charge is 0.497 e. The van der Waals surface area contributed by atoms with Gasteiger partial charge in [-0.3, -0.25) is 14.9 Å². The Hall–Kier alpha value is -2.93. The standard InChI is InChI=1S/C19H23N3O4/c1-13-5-6-15(11-17(13)22(24)25)19(23)20-12-18(21(2)3)14-7-9-16(26-4)10-8-14/h5-11,18H,12H2,1-4H3,(H,20,23). The van der Waals surface area contributed by atoms with E-state index in [4.69, 9.17) is 4.74 Å². The molecule has 0 spiro atoms. The monoisotopic (exact) mass is 357 g/mol. The maximum Gasteiger partial charge on any atom is 0.273 e. The maximum atomic E-state index is 12.4. The van der Waals surface area contributed by atoms with Crippen LogP contribution in [0.4, 0.5) is 5.69 Å². The van der Waals surface area contributed by atoms with Crippen LogP contribution in [0.2, 0.25) is 0 Å². The third-order valence-electron chi connectivity index (χ3n) is 4.25. The maximum absolute atomic E-state index is 12.4. The highest BCUT2D eigenvalue weighted by atomic mass is 16.6. The van der Waals surface area contributed by atoms with Crippen molar-refractivity contribution in [2.45, 2.75) is 13.0 Å². The predicted octanol–water partition coefficient (Wildman–Crippen LogP) is 2.94. The van der Waals surface area contributed by atoms with E-state index < -0.39 is 4.92 Å². The van der Waals surface area contributed by atoms with E-state index in [2.05, 4.69) is 5.32 Å². The van der Waals surface area contributed by atoms with Crippen LogP contribution in [0, 0.1) is 17.0 Å². The molecule has 1 unspecified atom stereocenters. The van der Waals surface area contributed by atoms with Crippen LogP contribution in [0.3, 0.4) is 0 Å². The van der Waals surface area contributed by atoms with Gasteiger partial charge in [0.1, 0.15) is 5.75 Å². The number of rotatable bonds is 7. The minimum absolute atomic E-state index is 0.0368. The number of hydrogen-bond donors (Lipinski definition) is 1. The van der Waals surface area contributed by atoms with Crippen molar-refractivity contribution in [3.63, 3.8) is 0 Å². The number of aryl methyl sites for hydroxylation is 1. The van der Waals surface area contributed by atoms with Gasteiger partial charge >= 0.3 is 0 Å². The molecule has 0 bridgehead atoms. The SMILES string of the molecule is COc1ccc(C(CNC(=O)c2ccc(C)c([N+](=O)[O-])c2)N(C)C)cc1. The number of benzene rings is 2. The number of nitrogens with one attached hydrogen (secondary N) is 1. The number of likely N-dealkylation sites (N-methyl/N-ethyl adjacent to an activating group) is 1. The first-order valence-electron chi connectivity index (χ1n) is 8.17. The molecule has 1 atom stereocenters. The van der Waals surface area contributed by atoms with Gasteiger partial charge in [-0.1, -0.05) is 18.2 Å². The lowest BCUT2D eigenvalue weighted by Gasteiger charge is -2.25. The fraction of sp³-hybridized carbons (Fsp3) is 0.316. The van der Waals surface area contributed by atoms with Crippen molar-refractivity contribution in [3.8, 4) is 5.75 Å². The first-order valence-corrected chi connectivity index (χ1v) is 8.17. The zero-order valence-corrected chi connectivity index (χ0v) is 15.4. The molecule has 7 nitrogen and oxygen atoms in total. The summed E-state index contributed by atoms with van der Waals surface area (Å²) in [5.74, 6) is 0.427. The van der Waals surface area contributed by atoms with Gasteiger partial charge in [0.2, 0.25) is 0 Å². The van der Waals surface area contributed by atoms with Gasteiger partial charge in [-0.05, 0) is 44.8 Å². The molecule has 138 valence electrons. The van der Waals surface area contributed by atoms with Crippen molar-refractivity contribution in [2.75, 3.05) is 27.7 Å². The highest BCUT2D eigenvalue weighted by molar-refractivity contribution is 5.95. The summed E-state index contributed by atoms with van der Waals surface area (Å²) in [6.07, 6.45) is 0. The second kappa shape index (κ2) is 8.44. The zero-order valence-electron chi connectivity index (χ0n) is 15.4. The van der Waals surface area contributed by atoms with E-state index in [0.29, 0.717) is 12.1 Å². The summed E-state index contributed by atoms with van der Waals surface area (Å²) < 4.78 is 5.17. The Bertz CT molecular complexity index is 788. The number of nitro groups is 1. The number of ether oxygens (including phenoxy) is 1. The van der Waals surface area contributed by atoms with Gasteiger partial charge in [0.25, 0.3) is 11.6 Å². The van der Waals surface area contributed by atoms with Gasteiger partial charge < -0.3 is 15.0 Å². The second-order valence-electron chi connectivity index (χ2n) is 6.22. The average Bonchev–Trinajstić information content (AvgIpc) is 2.62. The number of hydrogen-bond acceptors (Lipinski definition) is 5. The molecule has 2 rings (SSSR count). The van der Waals surface area contributed by atoms with Crippen LogP contribution >= 0.6 is 0 Å². The lowest BCUT2D eigenvalue weighted by Crippen LogP contribution is -2.34. The van der Waals surface area contributed by atoms with Gasteiger partial charge in [-0.15, -0.1) is 0 Å². The fourth-order valence-corrected chi connectivity index (χ4v) is 2.66. The first-order chi connectivity index (χ1) is 12.3. The number of carbonyl (C=O) groups excluding carboxylic acids is 1. The molecule has 0 aliphatic carbocycles. The van der Waals surface area contributed by atoms with Gasteiger partial charge in [-0.25, -0.2) is 0 Å². The fourth-order valence-electron chi connectivity index (χ4n) is 2.66. The summed E-state index contributed by atoms with van der Waals surface area (Å²) in [5.41, 5.74) is 1.77. The normalized spacial score (nSPS) is 11.9. The van der Waals surface area contributed by atoms with E-state index in [0.717, 1.165) is 11.3 Å². The van der Waals surface area contributed by atoms with Crippen LogP contribution in [-0.2, 0) is 0 Å². The number of amides is 1. The molecule has 0 saturated heterocycles. The summed E-state index contributed by atoms with van der Waals surface area (Å²) in [6.45, 7) is 2.02. The van der Waals surface area contributed by atoms with E-state index >= 15 is 0 Å². The second-order valence-corrected chi connectivity index (χ2v) is 6.22. The molecule has 1 amide bonds. The van der Waals surface area contributed by atoms with Crippen molar-refractivity contribution < 1.29 is 14.5 Å². The topological polar surface area (TPSA) is 84.7 Å². The molecular weight excluding hydrogens is 334 g/mol. The lowest BCUT2D eigenvalue weighted by molar-refractivity contribution is -0.385. The number of nitrogens with zero attached hydrogens (tertiary/aromatic N) is 2. The van der Waals surface area contributed by atoms with E-state index in [-0.39, 0.29) is 23.2 Å². The zero-order chi connectivity index (χ0) is 19.3. The average molecular weight is 357 g/mol. The van der Waals surface area contributed by atoms with Crippen molar-refractivity contribution in [2.24, 2.45) is 0 Å². The first kappa shape index (κ1) is 19.4. The summed E-state index contributed by atoms with van der Waals surface area (Å²) in [5, 5.41) is 13.9. The highest BCUT2D eigenvalue weighted by Gasteiger charge is 2.18. The van der Waals surface area contributed by atoms with Crippen LogP contribution in [0.15, 0.2) is 42.5 Å². The molecule has 0 aromatic heterocycles. The smallest absolute Gasteiger partial charge is 0.273 e. The molecular formula is C19H23N3O4. The number of nitro benzene ring substituents is 1. The van der Waals surface area contributed by atoms with E-state index in [1.807, 2.05) is 43.3 Å². The van der Waals surface area contributed by atoms with E-state index in [9.17, 15) is 14.9 Å². The van der Waals surface area contributed by atoms with Gasteiger partial charge in [0.05, 0.1) is 18.1 Å². The molecule has 1 N–H and O–H groups in total. The third-order valence-corrected chi connectivity index (χ3v) is 4.25. The molecule has 2 aromatic rings. The number of carbonyl (C=O) groups is 1. The van der Waals surface area contributed by atoms with E-state index in [1.54, 1.807) is 26.2 Å². The predicted molar refractivity (Wildman–Crippen MR) is 99.6 cm³/mol. The van der Waals surface area contributed by atoms with Gasteiger partial charge in [0, 0.05) is 23.7 Å². The van der Waals surface area contributed by atoms with Crippen LogP contribution in [0.5, 0.6) is 5.75 Å². The van der Waals surface area contributed by atoms with Crippen LogP contribution in [0.1, 0.15) is 27.5 Å². The molecule has 7 heteroatoms. The van der Waals surface area contributed by atoms with Crippen molar-refractivity contribution in [3.05, 3.63) is 69.3 Å². The van der Waals surface area contributed by atoms with Crippen LogP contribution in [0.25, 0.3) is 0 Å². The van der Waals surface area contributed by atoms with Crippen LogP contribution in [-0.4, -0.2) is 43.5 Å². The Balaban J connectivity index is 2.12. The van der Waals surface area contributed by atoms with Crippen molar-refractivity contribution in [1.82, 2.24) is 10.2 Å². The molecule has 0 heterocycles. The summed E-state index contributed by atoms with van der Waals surface area (Å²) >= 11 is 0. The Morgan fingerprint density at radius 2 is 1.88 bits per heavy atom. The number of methoxy groups -OCH3 is 1. The third kappa shape index (κ3) is 4.58. The molecule has 0 aliphatic heterocycles. The van der Waals surface area contributed by atoms with Crippen LogP contribution < -0.4 is 10.1 Å². The quantitative estimate of drug-likeness (QED) is 0.608. The minimum atomic E-state index is -0.480. The molecule has 0 fully saturated rings. The molecule has 0 saturated carbocycles. The molecule has 0 aliphatic rings. The molecule has 0 radical (unpaired) electrons. The summed E-state index contributed by atoms with van der Waals surface area (Å²) in [4.78, 5) is 25.0. The molecule has 2 aromatic carbocycles. The highest BCUT2D eigenvalue weighted by Crippen LogP contribution is 2.22. The van der Waals surface area contributed by atoms with Crippen molar-refractivity contribution >= 4 is 11.6 Å². The summed E-state index contributed by atoms with van der Waals surface area (Å²) in [7, 11) is 5.47. The van der Waals surface area contributed by atoms with E-state index in [1.165, 1.54) is 6.07 Å².